The summed E-state index contributed by atoms with van der Waals surface area (Å²) >= 11 is 0. The summed E-state index contributed by atoms with van der Waals surface area (Å²) in [6.45, 7) is 3.36. The monoisotopic (exact) mass is 281 g/mol. The molecule has 2 N–H and O–H groups in total. The minimum Gasteiger partial charge on any atom is -0.493 e. The third-order valence-corrected chi connectivity index (χ3v) is 2.89. The van der Waals surface area contributed by atoms with Crippen LogP contribution in [0.2, 0.25) is 0 Å². The van der Waals surface area contributed by atoms with Crippen LogP contribution in [-0.2, 0) is 11.3 Å². The van der Waals surface area contributed by atoms with Crippen LogP contribution in [0.3, 0.4) is 0 Å². The van der Waals surface area contributed by atoms with E-state index >= 15 is 0 Å². The molecule has 0 spiro atoms. The van der Waals surface area contributed by atoms with Gasteiger partial charge < -0.3 is 19.9 Å². The summed E-state index contributed by atoms with van der Waals surface area (Å²) in [5, 5.41) is 12.1. The third kappa shape index (κ3) is 5.48. The molecule has 1 aromatic carbocycles. The second-order valence-corrected chi connectivity index (χ2v) is 4.51. The van der Waals surface area contributed by atoms with Crippen molar-refractivity contribution in [3.8, 4) is 11.5 Å². The number of ether oxygens (including phenoxy) is 2. The average Bonchev–Trinajstić information content (AvgIpc) is 2.45. The van der Waals surface area contributed by atoms with Crippen molar-refractivity contribution in [2.75, 3.05) is 20.3 Å². The van der Waals surface area contributed by atoms with Gasteiger partial charge in [-0.1, -0.05) is 31.9 Å². The number of hydrogen-bond donors (Lipinski definition) is 2. The van der Waals surface area contributed by atoms with Crippen molar-refractivity contribution < 1.29 is 19.4 Å². The van der Waals surface area contributed by atoms with Crippen LogP contribution in [0.15, 0.2) is 18.2 Å². The van der Waals surface area contributed by atoms with Crippen LogP contribution in [0, 0.1) is 0 Å². The van der Waals surface area contributed by atoms with Gasteiger partial charge in [0.2, 0.25) is 0 Å². The summed E-state index contributed by atoms with van der Waals surface area (Å²) in [5.41, 5.74) is 0.905. The Labute approximate surface area is 119 Å². The fourth-order valence-electron chi connectivity index (χ4n) is 1.88. The maximum absolute atomic E-state index is 10.6. The number of nitrogens with one attached hydrogen (secondary N) is 1. The molecule has 20 heavy (non-hydrogen) atoms. The molecule has 0 atom stereocenters. The second-order valence-electron chi connectivity index (χ2n) is 4.51. The van der Waals surface area contributed by atoms with Gasteiger partial charge in [0, 0.05) is 12.1 Å². The molecule has 0 bridgehead atoms. The minimum absolute atomic E-state index is 0.372. The summed E-state index contributed by atoms with van der Waals surface area (Å²) in [6.07, 6.45) is 3.52. The van der Waals surface area contributed by atoms with Gasteiger partial charge >= 0.3 is 5.97 Å². The van der Waals surface area contributed by atoms with Crippen molar-refractivity contribution in [2.45, 2.75) is 32.7 Å². The van der Waals surface area contributed by atoms with Gasteiger partial charge in [0.1, 0.15) is 0 Å². The number of carboxylic acid groups (broad SMARTS) is 1. The van der Waals surface area contributed by atoms with Crippen molar-refractivity contribution in [1.29, 1.82) is 0 Å². The van der Waals surface area contributed by atoms with Gasteiger partial charge in [-0.3, -0.25) is 0 Å². The lowest BCUT2D eigenvalue weighted by Gasteiger charge is -2.14. The predicted molar refractivity (Wildman–Crippen MR) is 77.4 cm³/mol. The molecule has 5 heteroatoms. The molecule has 0 unspecified atom stereocenters. The number of rotatable bonds is 10. The van der Waals surface area contributed by atoms with Gasteiger partial charge in [-0.2, -0.15) is 0 Å². The van der Waals surface area contributed by atoms with E-state index in [-0.39, 0.29) is 6.61 Å². The zero-order chi connectivity index (χ0) is 14.8. The van der Waals surface area contributed by atoms with E-state index in [1.165, 1.54) is 12.8 Å². The van der Waals surface area contributed by atoms with Crippen molar-refractivity contribution in [3.63, 3.8) is 0 Å². The van der Waals surface area contributed by atoms with E-state index in [1.807, 2.05) is 12.1 Å². The molecule has 0 saturated carbocycles. The number of methoxy groups -OCH3 is 1. The maximum atomic E-state index is 10.6. The number of carboxylic acids is 1. The van der Waals surface area contributed by atoms with Crippen molar-refractivity contribution in [1.82, 2.24) is 5.32 Å². The number of aliphatic carboxylic acids is 1. The van der Waals surface area contributed by atoms with E-state index in [0.29, 0.717) is 18.0 Å². The van der Waals surface area contributed by atoms with Crippen LogP contribution in [0.5, 0.6) is 11.5 Å². The Hall–Kier alpha value is -1.75. The minimum atomic E-state index is -1.00. The first-order valence-electron chi connectivity index (χ1n) is 6.90. The highest BCUT2D eigenvalue weighted by Crippen LogP contribution is 2.31. The van der Waals surface area contributed by atoms with Crippen LogP contribution in [0.4, 0.5) is 0 Å². The molecule has 0 fully saturated rings. The van der Waals surface area contributed by atoms with E-state index in [9.17, 15) is 4.79 Å². The largest absolute Gasteiger partial charge is 0.493 e. The number of benzene rings is 1. The molecule has 1 aromatic rings. The first kappa shape index (κ1) is 16.3. The molecule has 0 aromatic heterocycles. The summed E-state index contributed by atoms with van der Waals surface area (Å²) in [5.74, 6) is 0.0530. The molecule has 0 amide bonds. The van der Waals surface area contributed by atoms with Crippen molar-refractivity contribution in [3.05, 3.63) is 23.8 Å². The van der Waals surface area contributed by atoms with Crippen molar-refractivity contribution in [2.24, 2.45) is 0 Å². The van der Waals surface area contributed by atoms with Gasteiger partial charge in [-0.25, -0.2) is 4.79 Å². The molecule has 0 aliphatic carbocycles. The van der Waals surface area contributed by atoms with Crippen molar-refractivity contribution >= 4 is 5.97 Å². The number of unbranched alkanes of at least 4 members (excludes halogenated alkanes) is 2. The summed E-state index contributed by atoms with van der Waals surface area (Å²) in [6, 6.07) is 5.54. The Morgan fingerprint density at radius 2 is 2.15 bits per heavy atom. The predicted octanol–water partition coefficient (Wildman–Crippen LogP) is 2.44. The summed E-state index contributed by atoms with van der Waals surface area (Å²) in [4.78, 5) is 10.6. The standard InChI is InChI=1S/C15H23NO4/c1-3-4-5-9-16-10-12-7-6-8-13(19-2)15(12)20-11-14(17)18/h6-8,16H,3-5,9-11H2,1-2H3,(H,17,18). The van der Waals surface area contributed by atoms with E-state index < -0.39 is 5.97 Å². The van der Waals surface area contributed by atoms with Crippen LogP contribution >= 0.6 is 0 Å². The highest BCUT2D eigenvalue weighted by atomic mass is 16.5. The van der Waals surface area contributed by atoms with Crippen LogP contribution in [-0.4, -0.2) is 31.3 Å². The number of para-hydroxylation sites is 1. The summed E-state index contributed by atoms with van der Waals surface area (Å²) < 4.78 is 10.6. The van der Waals surface area contributed by atoms with Gasteiger partial charge in [-0.15, -0.1) is 0 Å². The highest BCUT2D eigenvalue weighted by molar-refractivity contribution is 5.68. The topological polar surface area (TPSA) is 67.8 Å². The van der Waals surface area contributed by atoms with Gasteiger partial charge in [-0.05, 0) is 19.0 Å². The molecular formula is C15H23NO4. The molecule has 0 aliphatic heterocycles. The summed E-state index contributed by atoms with van der Waals surface area (Å²) in [7, 11) is 1.54. The normalized spacial score (nSPS) is 10.3. The Balaban J connectivity index is 2.65. The van der Waals surface area contributed by atoms with Gasteiger partial charge in [0.25, 0.3) is 0 Å². The molecule has 5 nitrogen and oxygen atoms in total. The Morgan fingerprint density at radius 3 is 2.80 bits per heavy atom. The smallest absolute Gasteiger partial charge is 0.341 e. The van der Waals surface area contributed by atoms with E-state index in [1.54, 1.807) is 13.2 Å². The lowest BCUT2D eigenvalue weighted by atomic mass is 10.1. The molecule has 0 heterocycles. The fraction of sp³-hybridized carbons (Fsp3) is 0.533. The van der Waals surface area contributed by atoms with E-state index in [4.69, 9.17) is 14.6 Å². The molecule has 0 saturated heterocycles. The number of carbonyl (C=O) groups is 1. The lowest BCUT2D eigenvalue weighted by molar-refractivity contribution is -0.139. The molecule has 112 valence electrons. The molecule has 0 radical (unpaired) electrons. The van der Waals surface area contributed by atoms with Crippen LogP contribution in [0.25, 0.3) is 0 Å². The van der Waals surface area contributed by atoms with Gasteiger partial charge in [0.15, 0.2) is 18.1 Å². The van der Waals surface area contributed by atoms with E-state index in [2.05, 4.69) is 12.2 Å². The Kier molecular flexibility index (Phi) is 7.50. The molecule has 0 aliphatic rings. The first-order chi connectivity index (χ1) is 9.69. The third-order valence-electron chi connectivity index (χ3n) is 2.89. The zero-order valence-electron chi connectivity index (χ0n) is 12.1. The molecular weight excluding hydrogens is 258 g/mol. The SMILES string of the molecule is CCCCCNCc1cccc(OC)c1OCC(=O)O. The zero-order valence-corrected chi connectivity index (χ0v) is 12.1. The number of hydrogen-bond acceptors (Lipinski definition) is 4. The quantitative estimate of drug-likeness (QED) is 0.645. The van der Waals surface area contributed by atoms with Crippen LogP contribution < -0.4 is 14.8 Å². The second kappa shape index (κ2) is 9.20. The highest BCUT2D eigenvalue weighted by Gasteiger charge is 2.11. The Bertz CT molecular complexity index is 420. The fourth-order valence-corrected chi connectivity index (χ4v) is 1.88. The maximum Gasteiger partial charge on any atom is 0.341 e. The first-order valence-corrected chi connectivity index (χ1v) is 6.90. The van der Waals surface area contributed by atoms with Crippen LogP contribution in [0.1, 0.15) is 31.7 Å². The molecule has 1 rings (SSSR count). The lowest BCUT2D eigenvalue weighted by Crippen LogP contribution is -2.17. The van der Waals surface area contributed by atoms with E-state index in [0.717, 1.165) is 18.5 Å². The van der Waals surface area contributed by atoms with Gasteiger partial charge in [0.05, 0.1) is 7.11 Å². The average molecular weight is 281 g/mol. The Morgan fingerprint density at radius 1 is 1.35 bits per heavy atom.